The van der Waals surface area contributed by atoms with E-state index in [-0.39, 0.29) is 0 Å². The fourth-order valence-corrected chi connectivity index (χ4v) is 0.765. The molecule has 0 aliphatic heterocycles. The van der Waals surface area contributed by atoms with Crippen LogP contribution >= 0.6 is 0 Å². The average molecular weight is 206 g/mol. The van der Waals surface area contributed by atoms with Crippen molar-refractivity contribution < 1.29 is 34.8 Å². The van der Waals surface area contributed by atoms with Crippen LogP contribution in [0.15, 0.2) is 0 Å². The predicted octanol–water partition coefficient (Wildman–Crippen LogP) is -1.00. The molecule has 0 aromatic rings. The zero-order valence-corrected chi connectivity index (χ0v) is 7.30. The normalized spacial score (nSPS) is 14.8. The molecular formula is C7H10O7. The predicted molar refractivity (Wildman–Crippen MR) is 41.6 cm³/mol. The van der Waals surface area contributed by atoms with E-state index in [1.807, 2.05) is 0 Å². The maximum Gasteiger partial charge on any atom is 0.335 e. The third-order valence-corrected chi connectivity index (χ3v) is 1.66. The monoisotopic (exact) mass is 206 g/mol. The molecule has 4 N–H and O–H groups in total. The van der Waals surface area contributed by atoms with Crippen molar-refractivity contribution in [2.24, 2.45) is 5.92 Å². The highest BCUT2D eigenvalue weighted by molar-refractivity contribution is 5.93. The highest BCUT2D eigenvalue weighted by atomic mass is 16.4. The van der Waals surface area contributed by atoms with Crippen LogP contribution in [0, 0.1) is 5.92 Å². The van der Waals surface area contributed by atoms with E-state index >= 15 is 0 Å². The number of carboxylic acids is 3. The zero-order chi connectivity index (χ0) is 11.5. The number of carbonyl (C=O) groups is 3. The van der Waals surface area contributed by atoms with Crippen molar-refractivity contribution in [3.8, 4) is 0 Å². The van der Waals surface area contributed by atoms with E-state index in [2.05, 4.69) is 0 Å². The molecule has 0 saturated carbocycles. The summed E-state index contributed by atoms with van der Waals surface area (Å²) in [5.74, 6) is -6.95. The minimum Gasteiger partial charge on any atom is -0.481 e. The Labute approximate surface area is 78.6 Å². The molecule has 80 valence electrons. The van der Waals surface area contributed by atoms with Crippen LogP contribution in [0.2, 0.25) is 0 Å². The molecule has 7 heteroatoms. The number of hydrogen-bond donors (Lipinski definition) is 4. The molecule has 0 aromatic heterocycles. The maximum absolute atomic E-state index is 10.4. The number of carboxylic acid groups (broad SMARTS) is 3. The highest BCUT2D eigenvalue weighted by Gasteiger charge is 2.39. The molecule has 0 aliphatic carbocycles. The number of hydrogen-bond acceptors (Lipinski definition) is 4. The highest BCUT2D eigenvalue weighted by Crippen LogP contribution is 2.17. The number of rotatable bonds is 5. The summed E-state index contributed by atoms with van der Waals surface area (Å²) in [6.45, 7) is 0.841. The van der Waals surface area contributed by atoms with Crippen molar-refractivity contribution in [3.63, 3.8) is 0 Å². The van der Waals surface area contributed by atoms with Crippen LogP contribution in [0.4, 0.5) is 0 Å². The van der Waals surface area contributed by atoms with E-state index in [4.69, 9.17) is 20.4 Å². The summed E-state index contributed by atoms with van der Waals surface area (Å²) in [5, 5.41) is 34.4. The van der Waals surface area contributed by atoms with Gasteiger partial charge in [0.25, 0.3) is 0 Å². The molecule has 0 rings (SSSR count). The van der Waals surface area contributed by atoms with Gasteiger partial charge >= 0.3 is 17.9 Å². The zero-order valence-electron chi connectivity index (χ0n) is 7.30. The fraction of sp³-hybridized carbons (Fsp3) is 0.571. The van der Waals surface area contributed by atoms with Gasteiger partial charge in [0.05, 0.1) is 0 Å². The van der Waals surface area contributed by atoms with Crippen LogP contribution < -0.4 is 0 Å². The Bertz CT molecular complexity index is 253. The van der Waals surface area contributed by atoms with Crippen molar-refractivity contribution in [2.45, 2.75) is 18.9 Å². The van der Waals surface area contributed by atoms with Crippen LogP contribution in [0.5, 0.6) is 0 Å². The van der Waals surface area contributed by atoms with Gasteiger partial charge < -0.3 is 20.4 Å². The van der Waals surface area contributed by atoms with Crippen LogP contribution in [0.1, 0.15) is 13.3 Å². The van der Waals surface area contributed by atoms with Gasteiger partial charge in [-0.3, -0.25) is 9.59 Å². The first-order chi connectivity index (χ1) is 6.18. The number of aliphatic hydroxyl groups is 1. The lowest BCUT2D eigenvalue weighted by Gasteiger charge is -2.19. The Morgan fingerprint density at radius 1 is 1.14 bits per heavy atom. The largest absolute Gasteiger partial charge is 0.481 e. The Kier molecular flexibility index (Phi) is 3.58. The molecule has 0 radical (unpaired) electrons. The first-order valence-corrected chi connectivity index (χ1v) is 3.60. The molecule has 0 heterocycles. The SMILES string of the molecule is CC(O)(CC(C(=O)O)C(=O)O)C(=O)O. The molecule has 7 nitrogen and oxygen atoms in total. The van der Waals surface area contributed by atoms with Gasteiger partial charge in [0, 0.05) is 6.42 Å². The third-order valence-electron chi connectivity index (χ3n) is 1.66. The molecule has 1 unspecified atom stereocenters. The lowest BCUT2D eigenvalue weighted by molar-refractivity contribution is -0.165. The van der Waals surface area contributed by atoms with Crippen molar-refractivity contribution in [3.05, 3.63) is 0 Å². The number of aliphatic carboxylic acids is 3. The van der Waals surface area contributed by atoms with Crippen LogP contribution in [-0.2, 0) is 14.4 Å². The summed E-state index contributed by atoms with van der Waals surface area (Å²) in [5.41, 5.74) is -2.36. The molecule has 0 spiro atoms. The Hall–Kier alpha value is -1.63. The van der Waals surface area contributed by atoms with Gasteiger partial charge in [0.2, 0.25) is 0 Å². The van der Waals surface area contributed by atoms with E-state index in [9.17, 15) is 14.4 Å². The standard InChI is InChI=1S/C7H10O7/c1-7(14,6(12)13)2-3(4(8)9)5(10)11/h3,14H,2H2,1H3,(H,8,9)(H,10,11)(H,12,13). The Morgan fingerprint density at radius 3 is 1.71 bits per heavy atom. The van der Waals surface area contributed by atoms with Crippen LogP contribution in [0.3, 0.4) is 0 Å². The summed E-state index contributed by atoms with van der Waals surface area (Å²) < 4.78 is 0. The molecule has 0 aromatic carbocycles. The second-order valence-electron chi connectivity index (χ2n) is 3.01. The van der Waals surface area contributed by atoms with Gasteiger partial charge in [0.15, 0.2) is 11.5 Å². The summed E-state index contributed by atoms with van der Waals surface area (Å²) in [6, 6.07) is 0. The van der Waals surface area contributed by atoms with Gasteiger partial charge in [-0.25, -0.2) is 4.79 Å². The Balaban J connectivity index is 4.69. The molecule has 0 amide bonds. The summed E-state index contributed by atoms with van der Waals surface area (Å²) >= 11 is 0. The van der Waals surface area contributed by atoms with Gasteiger partial charge in [-0.2, -0.15) is 0 Å². The van der Waals surface area contributed by atoms with E-state index < -0.39 is 35.8 Å². The molecule has 1 atom stereocenters. The van der Waals surface area contributed by atoms with Crippen LogP contribution in [0.25, 0.3) is 0 Å². The van der Waals surface area contributed by atoms with Crippen molar-refractivity contribution >= 4 is 17.9 Å². The van der Waals surface area contributed by atoms with E-state index in [1.165, 1.54) is 0 Å². The van der Waals surface area contributed by atoms with Gasteiger partial charge in [-0.15, -0.1) is 0 Å². The fourth-order valence-electron chi connectivity index (χ4n) is 0.765. The molecule has 14 heavy (non-hydrogen) atoms. The van der Waals surface area contributed by atoms with E-state index in [1.54, 1.807) is 0 Å². The third kappa shape index (κ3) is 3.02. The van der Waals surface area contributed by atoms with Crippen molar-refractivity contribution in [2.75, 3.05) is 0 Å². The quantitative estimate of drug-likeness (QED) is 0.424. The van der Waals surface area contributed by atoms with Gasteiger partial charge in [-0.05, 0) is 6.92 Å². The average Bonchev–Trinajstić information content (AvgIpc) is 1.98. The first-order valence-electron chi connectivity index (χ1n) is 3.60. The van der Waals surface area contributed by atoms with Crippen molar-refractivity contribution in [1.82, 2.24) is 0 Å². The minimum absolute atomic E-state index is 0.841. The van der Waals surface area contributed by atoms with Gasteiger partial charge in [-0.1, -0.05) is 0 Å². The first kappa shape index (κ1) is 12.4. The molecule has 0 saturated heterocycles. The minimum atomic E-state index is -2.36. The lowest BCUT2D eigenvalue weighted by atomic mass is 9.92. The summed E-state index contributed by atoms with van der Waals surface area (Å²) in [7, 11) is 0. The summed E-state index contributed by atoms with van der Waals surface area (Å²) in [6.07, 6.45) is -0.882. The molecular weight excluding hydrogens is 196 g/mol. The van der Waals surface area contributed by atoms with Gasteiger partial charge in [0.1, 0.15) is 0 Å². The second-order valence-corrected chi connectivity index (χ2v) is 3.01. The second kappa shape index (κ2) is 4.05. The molecule has 0 fully saturated rings. The smallest absolute Gasteiger partial charge is 0.335 e. The summed E-state index contributed by atoms with van der Waals surface area (Å²) in [4.78, 5) is 31.1. The molecule has 0 bridgehead atoms. The van der Waals surface area contributed by atoms with Crippen molar-refractivity contribution in [1.29, 1.82) is 0 Å². The topological polar surface area (TPSA) is 132 Å². The lowest BCUT2D eigenvalue weighted by Crippen LogP contribution is -2.41. The van der Waals surface area contributed by atoms with Crippen LogP contribution in [-0.4, -0.2) is 43.9 Å². The molecule has 0 aliphatic rings. The van der Waals surface area contributed by atoms with E-state index in [0.29, 0.717) is 0 Å². The Morgan fingerprint density at radius 2 is 1.50 bits per heavy atom. The van der Waals surface area contributed by atoms with E-state index in [0.717, 1.165) is 6.92 Å². The maximum atomic E-state index is 10.4.